The van der Waals surface area contributed by atoms with Crippen molar-refractivity contribution < 1.29 is 0 Å². The molecule has 1 fully saturated rings. The zero-order valence-electron chi connectivity index (χ0n) is 9.53. The van der Waals surface area contributed by atoms with Gasteiger partial charge in [0.2, 0.25) is 0 Å². The molecule has 1 aromatic rings. The molecule has 3 N–H and O–H groups in total. The molecule has 5 heteroatoms. The highest BCUT2D eigenvalue weighted by atomic mass is 32.1. The fraction of sp³-hybridized carbons (Fsp3) is 0.545. The summed E-state index contributed by atoms with van der Waals surface area (Å²) in [6, 6.07) is 0. The van der Waals surface area contributed by atoms with Gasteiger partial charge in [-0.2, -0.15) is 0 Å². The number of nitrogens with zero attached hydrogens (tertiary/aromatic N) is 2. The van der Waals surface area contributed by atoms with Crippen molar-refractivity contribution in [3.05, 3.63) is 18.1 Å². The van der Waals surface area contributed by atoms with Gasteiger partial charge in [-0.1, -0.05) is 26.1 Å². The van der Waals surface area contributed by atoms with Crippen LogP contribution < -0.4 is 11.1 Å². The van der Waals surface area contributed by atoms with Crippen molar-refractivity contribution in [1.82, 2.24) is 9.97 Å². The molecule has 1 aromatic heterocycles. The van der Waals surface area contributed by atoms with Gasteiger partial charge in [-0.15, -0.1) is 0 Å². The molecule has 0 aliphatic heterocycles. The molecule has 0 radical (unpaired) electrons. The number of rotatable bonds is 4. The van der Waals surface area contributed by atoms with Crippen LogP contribution in [0.1, 0.15) is 26.0 Å². The van der Waals surface area contributed by atoms with Crippen LogP contribution >= 0.6 is 12.2 Å². The van der Waals surface area contributed by atoms with Crippen molar-refractivity contribution in [2.75, 3.05) is 11.9 Å². The minimum absolute atomic E-state index is 0.283. The minimum Gasteiger partial charge on any atom is -0.388 e. The summed E-state index contributed by atoms with van der Waals surface area (Å²) in [4.78, 5) is 8.61. The van der Waals surface area contributed by atoms with Crippen LogP contribution in [0.4, 0.5) is 5.82 Å². The number of nitrogens with two attached hydrogens (primary N) is 1. The predicted octanol–water partition coefficient (Wildman–Crippen LogP) is 1.57. The van der Waals surface area contributed by atoms with Gasteiger partial charge in [0.15, 0.2) is 5.82 Å². The monoisotopic (exact) mass is 236 g/mol. The van der Waals surface area contributed by atoms with Crippen molar-refractivity contribution in [2.45, 2.75) is 20.3 Å². The highest BCUT2D eigenvalue weighted by Gasteiger charge is 2.45. The molecule has 16 heavy (non-hydrogen) atoms. The van der Waals surface area contributed by atoms with E-state index in [0.29, 0.717) is 22.8 Å². The molecule has 4 nitrogen and oxygen atoms in total. The van der Waals surface area contributed by atoms with Gasteiger partial charge < -0.3 is 11.1 Å². The van der Waals surface area contributed by atoms with E-state index >= 15 is 0 Å². The summed E-state index contributed by atoms with van der Waals surface area (Å²) < 4.78 is 0. The number of hydrogen-bond acceptors (Lipinski definition) is 4. The van der Waals surface area contributed by atoms with E-state index in [-0.39, 0.29) is 4.99 Å². The quantitative estimate of drug-likeness (QED) is 0.777. The van der Waals surface area contributed by atoms with Crippen LogP contribution in [0.2, 0.25) is 0 Å². The van der Waals surface area contributed by atoms with Crippen LogP contribution in [0.25, 0.3) is 0 Å². The summed E-state index contributed by atoms with van der Waals surface area (Å²) in [5.41, 5.74) is 6.62. The van der Waals surface area contributed by atoms with Gasteiger partial charge >= 0.3 is 0 Å². The van der Waals surface area contributed by atoms with Gasteiger partial charge in [-0.25, -0.2) is 9.97 Å². The molecule has 0 saturated heterocycles. The van der Waals surface area contributed by atoms with E-state index in [4.69, 9.17) is 18.0 Å². The topological polar surface area (TPSA) is 63.8 Å². The smallest absolute Gasteiger partial charge is 0.155 e. The minimum atomic E-state index is 0.283. The van der Waals surface area contributed by atoms with E-state index in [9.17, 15) is 0 Å². The summed E-state index contributed by atoms with van der Waals surface area (Å²) >= 11 is 4.93. The summed E-state index contributed by atoms with van der Waals surface area (Å²) in [5.74, 6) is 1.39. The number of aromatic nitrogens is 2. The largest absolute Gasteiger partial charge is 0.388 e. The molecular formula is C11H16N4S. The normalized spacial score (nSPS) is 21.5. The second-order valence-corrected chi connectivity index (χ2v) is 5.33. The van der Waals surface area contributed by atoms with Crippen molar-refractivity contribution >= 4 is 23.0 Å². The molecule has 1 atom stereocenters. The maximum atomic E-state index is 5.58. The lowest BCUT2D eigenvalue weighted by atomic mass is 10.1. The van der Waals surface area contributed by atoms with Crippen LogP contribution in [0, 0.1) is 11.3 Å². The number of hydrogen-bond donors (Lipinski definition) is 2. The maximum Gasteiger partial charge on any atom is 0.155 e. The molecular weight excluding hydrogens is 220 g/mol. The molecule has 1 heterocycles. The second-order valence-electron chi connectivity index (χ2n) is 4.89. The lowest BCUT2D eigenvalue weighted by Crippen LogP contribution is -2.17. The standard InChI is InChI=1S/C11H16N4S/c1-11(2)5-7(11)6-15-10-8(9(12)16)13-3-4-14-10/h3-4,7H,5-6H2,1-2H3,(H2,12,16)(H,14,15). The van der Waals surface area contributed by atoms with Crippen LogP contribution in [0.3, 0.4) is 0 Å². The first-order chi connectivity index (χ1) is 7.50. The Morgan fingerprint density at radius 3 is 2.75 bits per heavy atom. The third-order valence-electron chi connectivity index (χ3n) is 3.17. The van der Waals surface area contributed by atoms with Crippen molar-refractivity contribution in [3.8, 4) is 0 Å². The van der Waals surface area contributed by atoms with Gasteiger partial charge in [-0.05, 0) is 17.8 Å². The van der Waals surface area contributed by atoms with Crippen LogP contribution in [0.5, 0.6) is 0 Å². The van der Waals surface area contributed by atoms with Crippen LogP contribution in [0.15, 0.2) is 12.4 Å². The molecule has 0 bridgehead atoms. The molecule has 1 saturated carbocycles. The average Bonchev–Trinajstić information content (AvgIpc) is 2.84. The summed E-state index contributed by atoms with van der Waals surface area (Å²) in [6.45, 7) is 5.44. The van der Waals surface area contributed by atoms with Crippen LogP contribution in [-0.4, -0.2) is 21.5 Å². The third kappa shape index (κ3) is 2.29. The Bertz CT molecular complexity index is 416. The first-order valence-corrected chi connectivity index (χ1v) is 5.76. The Hall–Kier alpha value is -1.23. The average molecular weight is 236 g/mol. The zero-order valence-corrected chi connectivity index (χ0v) is 10.3. The Morgan fingerprint density at radius 1 is 1.56 bits per heavy atom. The van der Waals surface area contributed by atoms with Crippen molar-refractivity contribution in [3.63, 3.8) is 0 Å². The van der Waals surface area contributed by atoms with Gasteiger partial charge in [0.1, 0.15) is 10.7 Å². The Morgan fingerprint density at radius 2 is 2.19 bits per heavy atom. The fourth-order valence-electron chi connectivity index (χ4n) is 1.79. The highest BCUT2D eigenvalue weighted by Crippen LogP contribution is 2.51. The molecule has 1 unspecified atom stereocenters. The van der Waals surface area contributed by atoms with E-state index in [1.54, 1.807) is 12.4 Å². The summed E-state index contributed by atoms with van der Waals surface area (Å²) in [7, 11) is 0. The number of nitrogens with one attached hydrogen (secondary N) is 1. The van der Waals surface area contributed by atoms with E-state index in [1.807, 2.05) is 0 Å². The Kier molecular flexibility index (Phi) is 2.80. The van der Waals surface area contributed by atoms with E-state index in [1.165, 1.54) is 6.42 Å². The Labute approximate surface area is 101 Å². The first-order valence-electron chi connectivity index (χ1n) is 5.35. The number of thiocarbonyl (C=S) groups is 1. The first kappa shape index (κ1) is 11.3. The van der Waals surface area contributed by atoms with E-state index < -0.39 is 0 Å². The molecule has 1 aliphatic carbocycles. The third-order valence-corrected chi connectivity index (χ3v) is 3.36. The summed E-state index contributed by atoms with van der Waals surface area (Å²) in [6.07, 6.45) is 4.49. The molecule has 0 aromatic carbocycles. The Balaban J connectivity index is 2.02. The van der Waals surface area contributed by atoms with Gasteiger partial charge in [0.25, 0.3) is 0 Å². The van der Waals surface area contributed by atoms with E-state index in [0.717, 1.165) is 6.54 Å². The molecule has 0 amide bonds. The predicted molar refractivity (Wildman–Crippen MR) is 68.3 cm³/mol. The molecule has 2 rings (SSSR count). The fourth-order valence-corrected chi connectivity index (χ4v) is 1.94. The van der Waals surface area contributed by atoms with Gasteiger partial charge in [0.05, 0.1) is 0 Å². The van der Waals surface area contributed by atoms with Crippen LogP contribution in [-0.2, 0) is 0 Å². The second kappa shape index (κ2) is 3.97. The highest BCUT2D eigenvalue weighted by molar-refractivity contribution is 7.80. The molecule has 86 valence electrons. The van der Waals surface area contributed by atoms with Crippen molar-refractivity contribution in [2.24, 2.45) is 17.1 Å². The SMILES string of the molecule is CC1(C)CC1CNc1nccnc1C(N)=S. The van der Waals surface area contributed by atoms with Crippen molar-refractivity contribution in [1.29, 1.82) is 0 Å². The number of anilines is 1. The maximum absolute atomic E-state index is 5.58. The lowest BCUT2D eigenvalue weighted by Gasteiger charge is -2.09. The van der Waals surface area contributed by atoms with E-state index in [2.05, 4.69) is 29.1 Å². The summed E-state index contributed by atoms with van der Waals surface area (Å²) in [5, 5.41) is 3.27. The zero-order chi connectivity index (χ0) is 11.8. The lowest BCUT2D eigenvalue weighted by molar-refractivity contribution is 0.572. The van der Waals surface area contributed by atoms with Gasteiger partial charge in [0, 0.05) is 18.9 Å². The molecule has 0 spiro atoms. The van der Waals surface area contributed by atoms with Gasteiger partial charge in [-0.3, -0.25) is 0 Å². The molecule has 1 aliphatic rings.